The lowest BCUT2D eigenvalue weighted by Gasteiger charge is -2.13. The minimum Gasteiger partial charge on any atom is -0.380 e. The molecular formula is C16H15BrN2. The molecule has 0 bridgehead atoms. The summed E-state index contributed by atoms with van der Waals surface area (Å²) in [6.45, 7) is 4.95. The van der Waals surface area contributed by atoms with Gasteiger partial charge in [0.05, 0.1) is 11.3 Å². The molecule has 0 saturated carbocycles. The third-order valence-electron chi connectivity index (χ3n) is 3.20. The highest BCUT2D eigenvalue weighted by Gasteiger charge is 2.05. The first kappa shape index (κ1) is 13.6. The molecule has 1 N–H and O–H groups in total. The van der Waals surface area contributed by atoms with Crippen LogP contribution in [0, 0.1) is 25.2 Å². The SMILES string of the molecule is Cc1cccc(C)c1CNc1ccc(Br)cc1C#N. The number of halogens is 1. The van der Waals surface area contributed by atoms with Gasteiger partial charge in [-0.05, 0) is 48.7 Å². The van der Waals surface area contributed by atoms with Gasteiger partial charge in [0.15, 0.2) is 0 Å². The second-order valence-electron chi connectivity index (χ2n) is 4.53. The van der Waals surface area contributed by atoms with Gasteiger partial charge in [-0.25, -0.2) is 0 Å². The molecule has 96 valence electrons. The maximum absolute atomic E-state index is 9.14. The van der Waals surface area contributed by atoms with Crippen LogP contribution in [-0.4, -0.2) is 0 Å². The van der Waals surface area contributed by atoms with E-state index in [2.05, 4.69) is 59.4 Å². The molecule has 0 heterocycles. The smallest absolute Gasteiger partial charge is 0.101 e. The van der Waals surface area contributed by atoms with E-state index in [-0.39, 0.29) is 0 Å². The fourth-order valence-corrected chi connectivity index (χ4v) is 2.44. The number of hydrogen-bond donors (Lipinski definition) is 1. The fraction of sp³-hybridized carbons (Fsp3) is 0.188. The van der Waals surface area contributed by atoms with E-state index in [0.29, 0.717) is 5.56 Å². The van der Waals surface area contributed by atoms with Crippen molar-refractivity contribution in [2.24, 2.45) is 0 Å². The molecule has 19 heavy (non-hydrogen) atoms. The van der Waals surface area contributed by atoms with Gasteiger partial charge in [0.25, 0.3) is 0 Å². The molecule has 2 aromatic rings. The number of hydrogen-bond acceptors (Lipinski definition) is 2. The molecule has 2 nitrogen and oxygen atoms in total. The summed E-state index contributed by atoms with van der Waals surface area (Å²) in [6.07, 6.45) is 0. The van der Waals surface area contributed by atoms with E-state index in [9.17, 15) is 0 Å². The van der Waals surface area contributed by atoms with Crippen LogP contribution in [0.4, 0.5) is 5.69 Å². The van der Waals surface area contributed by atoms with Gasteiger partial charge in [-0.15, -0.1) is 0 Å². The quantitative estimate of drug-likeness (QED) is 0.902. The zero-order valence-electron chi connectivity index (χ0n) is 11.0. The van der Waals surface area contributed by atoms with E-state index >= 15 is 0 Å². The third kappa shape index (κ3) is 3.15. The molecular weight excluding hydrogens is 300 g/mol. The predicted molar refractivity (Wildman–Crippen MR) is 82.1 cm³/mol. The molecule has 0 spiro atoms. The maximum Gasteiger partial charge on any atom is 0.101 e. The van der Waals surface area contributed by atoms with E-state index in [0.717, 1.165) is 16.7 Å². The highest BCUT2D eigenvalue weighted by Crippen LogP contribution is 2.22. The van der Waals surface area contributed by atoms with Crippen molar-refractivity contribution < 1.29 is 0 Å². The van der Waals surface area contributed by atoms with E-state index in [1.54, 1.807) is 0 Å². The lowest BCUT2D eigenvalue weighted by molar-refractivity contribution is 1.09. The van der Waals surface area contributed by atoms with Gasteiger partial charge in [0, 0.05) is 11.0 Å². The largest absolute Gasteiger partial charge is 0.380 e. The summed E-state index contributed by atoms with van der Waals surface area (Å²) in [5, 5.41) is 12.5. The highest BCUT2D eigenvalue weighted by atomic mass is 79.9. The van der Waals surface area contributed by atoms with Crippen LogP contribution >= 0.6 is 15.9 Å². The number of nitrogens with one attached hydrogen (secondary N) is 1. The van der Waals surface area contributed by atoms with Crippen molar-refractivity contribution >= 4 is 21.6 Å². The molecule has 0 aliphatic carbocycles. The third-order valence-corrected chi connectivity index (χ3v) is 3.70. The van der Waals surface area contributed by atoms with Gasteiger partial charge in [-0.2, -0.15) is 5.26 Å². The zero-order chi connectivity index (χ0) is 13.8. The van der Waals surface area contributed by atoms with Crippen molar-refractivity contribution in [2.45, 2.75) is 20.4 Å². The molecule has 0 atom stereocenters. The van der Waals surface area contributed by atoms with Crippen LogP contribution in [0.3, 0.4) is 0 Å². The van der Waals surface area contributed by atoms with Crippen molar-refractivity contribution in [3.8, 4) is 6.07 Å². The standard InChI is InChI=1S/C16H15BrN2/c1-11-4-3-5-12(2)15(11)10-19-16-7-6-14(17)8-13(16)9-18/h3-8,19H,10H2,1-2H3. The van der Waals surface area contributed by atoms with Gasteiger partial charge in [0.1, 0.15) is 6.07 Å². The average molecular weight is 315 g/mol. The maximum atomic E-state index is 9.14. The molecule has 0 radical (unpaired) electrons. The Kier molecular flexibility index (Phi) is 4.24. The second-order valence-corrected chi connectivity index (χ2v) is 5.44. The summed E-state index contributed by atoms with van der Waals surface area (Å²) in [7, 11) is 0. The van der Waals surface area contributed by atoms with Gasteiger partial charge >= 0.3 is 0 Å². The lowest BCUT2D eigenvalue weighted by atomic mass is 10.0. The lowest BCUT2D eigenvalue weighted by Crippen LogP contribution is -2.04. The Hall–Kier alpha value is -1.79. The zero-order valence-corrected chi connectivity index (χ0v) is 12.6. The number of nitriles is 1. The number of benzene rings is 2. The molecule has 3 heteroatoms. The van der Waals surface area contributed by atoms with E-state index in [4.69, 9.17) is 5.26 Å². The van der Waals surface area contributed by atoms with Gasteiger partial charge in [-0.3, -0.25) is 0 Å². The number of nitrogens with zero attached hydrogens (tertiary/aromatic N) is 1. The fourth-order valence-electron chi connectivity index (χ4n) is 2.07. The molecule has 0 saturated heterocycles. The first-order valence-corrected chi connectivity index (χ1v) is 6.89. The second kappa shape index (κ2) is 5.90. The summed E-state index contributed by atoms with van der Waals surface area (Å²) in [4.78, 5) is 0. The van der Waals surface area contributed by atoms with Crippen molar-refractivity contribution in [1.82, 2.24) is 0 Å². The molecule has 0 aliphatic rings. The predicted octanol–water partition coefficient (Wildman–Crippen LogP) is 4.55. The summed E-state index contributed by atoms with van der Waals surface area (Å²) >= 11 is 3.38. The van der Waals surface area contributed by atoms with Crippen LogP contribution in [0.15, 0.2) is 40.9 Å². The Morgan fingerprint density at radius 3 is 2.47 bits per heavy atom. The Balaban J connectivity index is 2.22. The molecule has 0 aliphatic heterocycles. The molecule has 0 aromatic heterocycles. The Morgan fingerprint density at radius 1 is 1.16 bits per heavy atom. The minimum absolute atomic E-state index is 0.653. The molecule has 2 rings (SSSR count). The monoisotopic (exact) mass is 314 g/mol. The van der Waals surface area contributed by atoms with Crippen molar-refractivity contribution in [1.29, 1.82) is 5.26 Å². The van der Waals surface area contributed by atoms with Crippen LogP contribution in [0.2, 0.25) is 0 Å². The van der Waals surface area contributed by atoms with Gasteiger partial charge in [-0.1, -0.05) is 34.1 Å². The highest BCUT2D eigenvalue weighted by molar-refractivity contribution is 9.10. The van der Waals surface area contributed by atoms with Crippen molar-refractivity contribution in [2.75, 3.05) is 5.32 Å². The van der Waals surface area contributed by atoms with Crippen molar-refractivity contribution in [3.05, 3.63) is 63.1 Å². The molecule has 0 fully saturated rings. The van der Waals surface area contributed by atoms with Crippen molar-refractivity contribution in [3.63, 3.8) is 0 Å². The normalized spacial score (nSPS) is 10.0. The Labute approximate surface area is 122 Å². The van der Waals surface area contributed by atoms with Crippen LogP contribution < -0.4 is 5.32 Å². The van der Waals surface area contributed by atoms with Gasteiger partial charge in [0.2, 0.25) is 0 Å². The molecule has 2 aromatic carbocycles. The topological polar surface area (TPSA) is 35.8 Å². The van der Waals surface area contributed by atoms with E-state index in [1.165, 1.54) is 16.7 Å². The summed E-state index contributed by atoms with van der Waals surface area (Å²) in [5.41, 5.74) is 5.34. The van der Waals surface area contributed by atoms with E-state index in [1.807, 2.05) is 18.2 Å². The Morgan fingerprint density at radius 2 is 1.84 bits per heavy atom. The average Bonchev–Trinajstić information content (AvgIpc) is 2.39. The van der Waals surface area contributed by atoms with E-state index < -0.39 is 0 Å². The van der Waals surface area contributed by atoms with Gasteiger partial charge < -0.3 is 5.32 Å². The van der Waals surface area contributed by atoms with Crippen LogP contribution in [-0.2, 0) is 6.54 Å². The van der Waals surface area contributed by atoms with Crippen LogP contribution in [0.1, 0.15) is 22.3 Å². The number of aryl methyl sites for hydroxylation is 2. The number of anilines is 1. The van der Waals surface area contributed by atoms with Crippen LogP contribution in [0.25, 0.3) is 0 Å². The molecule has 0 unspecified atom stereocenters. The summed E-state index contributed by atoms with van der Waals surface area (Å²) < 4.78 is 0.918. The number of rotatable bonds is 3. The molecule has 0 amide bonds. The minimum atomic E-state index is 0.653. The first-order chi connectivity index (χ1) is 9.11. The summed E-state index contributed by atoms with van der Waals surface area (Å²) in [6, 6.07) is 14.2. The van der Waals surface area contributed by atoms with Crippen LogP contribution in [0.5, 0.6) is 0 Å². The summed E-state index contributed by atoms with van der Waals surface area (Å²) in [5.74, 6) is 0. The Bertz CT molecular complexity index is 621. The first-order valence-electron chi connectivity index (χ1n) is 6.10.